The molecule has 28 heavy (non-hydrogen) atoms. The van der Waals surface area contributed by atoms with E-state index in [2.05, 4.69) is 9.88 Å². The number of carbonyl (C=O) groups is 1. The van der Waals surface area contributed by atoms with Crippen LogP contribution in [-0.2, 0) is 22.5 Å². The van der Waals surface area contributed by atoms with Crippen molar-refractivity contribution < 1.29 is 14.3 Å². The van der Waals surface area contributed by atoms with E-state index in [0.29, 0.717) is 26.1 Å². The van der Waals surface area contributed by atoms with Gasteiger partial charge in [0.15, 0.2) is 0 Å². The highest BCUT2D eigenvalue weighted by molar-refractivity contribution is 6.31. The van der Waals surface area contributed by atoms with Gasteiger partial charge in [-0.05, 0) is 42.8 Å². The summed E-state index contributed by atoms with van der Waals surface area (Å²) in [6.45, 7) is 3.68. The van der Waals surface area contributed by atoms with Gasteiger partial charge in [-0.1, -0.05) is 23.7 Å². The van der Waals surface area contributed by atoms with Crippen LogP contribution in [0.3, 0.4) is 0 Å². The van der Waals surface area contributed by atoms with E-state index >= 15 is 0 Å². The molecule has 1 heterocycles. The van der Waals surface area contributed by atoms with E-state index in [4.69, 9.17) is 26.1 Å². The molecule has 0 saturated heterocycles. The van der Waals surface area contributed by atoms with Crippen LogP contribution in [0.25, 0.3) is 11.0 Å². The van der Waals surface area contributed by atoms with E-state index in [1.54, 1.807) is 0 Å². The molecule has 3 rings (SSSR count). The predicted molar refractivity (Wildman–Crippen MR) is 110 cm³/mol. The smallest absolute Gasteiger partial charge is 0.245 e. The number of hydrogen-bond donors (Lipinski definition) is 1. The summed E-state index contributed by atoms with van der Waals surface area (Å²) in [4.78, 5) is 16.3. The Kier molecular flexibility index (Phi) is 6.90. The van der Waals surface area contributed by atoms with Crippen molar-refractivity contribution in [2.75, 3.05) is 26.9 Å². The van der Waals surface area contributed by atoms with Gasteiger partial charge in [-0.25, -0.2) is 4.98 Å². The van der Waals surface area contributed by atoms with Crippen molar-refractivity contribution in [1.82, 2.24) is 14.9 Å². The number of benzene rings is 2. The highest BCUT2D eigenvalue weighted by atomic mass is 35.5. The number of para-hydroxylation sites is 2. The number of rotatable bonds is 9. The van der Waals surface area contributed by atoms with Crippen LogP contribution in [0.4, 0.5) is 0 Å². The SMILES string of the molecule is COCC(=O)NCCc1nc2ccccc2n1CCOc1ccc(Cl)c(C)c1. The van der Waals surface area contributed by atoms with Gasteiger partial charge in [0.05, 0.1) is 17.6 Å². The van der Waals surface area contributed by atoms with Crippen molar-refractivity contribution >= 4 is 28.5 Å². The molecule has 1 amide bonds. The van der Waals surface area contributed by atoms with Crippen molar-refractivity contribution in [3.8, 4) is 5.75 Å². The number of halogens is 1. The summed E-state index contributed by atoms with van der Waals surface area (Å²) in [5.41, 5.74) is 2.97. The molecule has 0 aliphatic heterocycles. The van der Waals surface area contributed by atoms with Crippen molar-refractivity contribution in [2.45, 2.75) is 19.9 Å². The maximum atomic E-state index is 11.6. The molecule has 0 fully saturated rings. The molecular weight excluding hydrogens is 378 g/mol. The fourth-order valence-electron chi connectivity index (χ4n) is 3.02. The highest BCUT2D eigenvalue weighted by Gasteiger charge is 2.11. The number of methoxy groups -OCH3 is 1. The van der Waals surface area contributed by atoms with Crippen LogP contribution in [0, 0.1) is 6.92 Å². The van der Waals surface area contributed by atoms with Gasteiger partial charge in [-0.2, -0.15) is 0 Å². The van der Waals surface area contributed by atoms with Gasteiger partial charge in [0.25, 0.3) is 0 Å². The summed E-state index contributed by atoms with van der Waals surface area (Å²) in [5, 5.41) is 3.56. The molecule has 1 N–H and O–H groups in total. The first-order chi connectivity index (χ1) is 13.6. The lowest BCUT2D eigenvalue weighted by atomic mass is 10.2. The monoisotopic (exact) mass is 401 g/mol. The maximum Gasteiger partial charge on any atom is 0.245 e. The molecule has 1 aromatic heterocycles. The second-order valence-corrected chi connectivity index (χ2v) is 6.87. The number of aromatic nitrogens is 2. The summed E-state index contributed by atoms with van der Waals surface area (Å²) in [5.74, 6) is 1.57. The molecule has 2 aromatic carbocycles. The largest absolute Gasteiger partial charge is 0.492 e. The lowest BCUT2D eigenvalue weighted by Gasteiger charge is -2.12. The Morgan fingerprint density at radius 1 is 1.25 bits per heavy atom. The summed E-state index contributed by atoms with van der Waals surface area (Å²) in [6.07, 6.45) is 0.629. The zero-order valence-electron chi connectivity index (χ0n) is 16.1. The average molecular weight is 402 g/mol. The normalized spacial score (nSPS) is 11.0. The lowest BCUT2D eigenvalue weighted by Crippen LogP contribution is -2.29. The molecule has 3 aromatic rings. The van der Waals surface area contributed by atoms with E-state index in [-0.39, 0.29) is 12.5 Å². The van der Waals surface area contributed by atoms with Gasteiger partial charge >= 0.3 is 0 Å². The van der Waals surface area contributed by atoms with Crippen LogP contribution in [-0.4, -0.2) is 42.3 Å². The number of carbonyl (C=O) groups excluding carboxylic acids is 1. The number of hydrogen-bond acceptors (Lipinski definition) is 4. The molecule has 0 atom stereocenters. The molecule has 0 aliphatic carbocycles. The number of amides is 1. The molecule has 0 radical (unpaired) electrons. The van der Waals surface area contributed by atoms with E-state index in [9.17, 15) is 4.79 Å². The van der Waals surface area contributed by atoms with Crippen molar-refractivity contribution in [1.29, 1.82) is 0 Å². The zero-order valence-corrected chi connectivity index (χ0v) is 16.8. The maximum absolute atomic E-state index is 11.6. The Hall–Kier alpha value is -2.57. The predicted octanol–water partition coefficient (Wildman–Crippen LogP) is 3.38. The minimum absolute atomic E-state index is 0.0603. The summed E-state index contributed by atoms with van der Waals surface area (Å²) < 4.78 is 12.9. The zero-order chi connectivity index (χ0) is 19.9. The first-order valence-electron chi connectivity index (χ1n) is 9.17. The Balaban J connectivity index is 1.67. The molecule has 0 bridgehead atoms. The molecule has 7 heteroatoms. The second-order valence-electron chi connectivity index (χ2n) is 6.46. The second kappa shape index (κ2) is 9.57. The van der Waals surface area contributed by atoms with Crippen LogP contribution in [0.15, 0.2) is 42.5 Å². The Bertz CT molecular complexity index is 955. The van der Waals surface area contributed by atoms with Gasteiger partial charge in [-0.15, -0.1) is 0 Å². The first kappa shape index (κ1) is 20.2. The Morgan fingerprint density at radius 3 is 2.86 bits per heavy atom. The van der Waals surface area contributed by atoms with Crippen molar-refractivity contribution in [3.05, 3.63) is 58.9 Å². The molecule has 6 nitrogen and oxygen atoms in total. The minimum Gasteiger partial charge on any atom is -0.492 e. The summed E-state index contributed by atoms with van der Waals surface area (Å²) >= 11 is 6.07. The van der Waals surface area contributed by atoms with Gasteiger partial charge in [0.2, 0.25) is 5.91 Å². The molecule has 0 spiro atoms. The minimum atomic E-state index is -0.133. The fourth-order valence-corrected chi connectivity index (χ4v) is 3.14. The molecule has 0 aliphatic rings. The van der Waals surface area contributed by atoms with Crippen LogP contribution in [0.1, 0.15) is 11.4 Å². The summed E-state index contributed by atoms with van der Waals surface area (Å²) in [7, 11) is 1.50. The summed E-state index contributed by atoms with van der Waals surface area (Å²) in [6, 6.07) is 13.6. The number of aryl methyl sites for hydroxylation is 1. The number of fused-ring (bicyclic) bond motifs is 1. The Morgan fingerprint density at radius 2 is 2.07 bits per heavy atom. The standard InChI is InChI=1S/C21H24ClN3O3/c1-15-13-16(7-8-17(15)22)28-12-11-25-19-6-4-3-5-18(19)24-20(25)9-10-23-21(26)14-27-2/h3-8,13H,9-12,14H2,1-2H3,(H,23,26). The van der Waals surface area contributed by atoms with Gasteiger partial charge < -0.3 is 19.4 Å². The molecule has 148 valence electrons. The van der Waals surface area contributed by atoms with Crippen molar-refractivity contribution in [2.24, 2.45) is 0 Å². The third-order valence-electron chi connectivity index (χ3n) is 4.39. The lowest BCUT2D eigenvalue weighted by molar-refractivity contribution is -0.124. The van der Waals surface area contributed by atoms with Crippen LogP contribution in [0.2, 0.25) is 5.02 Å². The molecule has 0 unspecified atom stereocenters. The molecular formula is C21H24ClN3O3. The van der Waals surface area contributed by atoms with Crippen LogP contribution < -0.4 is 10.1 Å². The van der Waals surface area contributed by atoms with E-state index < -0.39 is 0 Å². The van der Waals surface area contributed by atoms with Crippen LogP contribution >= 0.6 is 11.6 Å². The van der Waals surface area contributed by atoms with Gasteiger partial charge in [0.1, 0.15) is 24.8 Å². The average Bonchev–Trinajstić information content (AvgIpc) is 3.02. The van der Waals surface area contributed by atoms with Gasteiger partial charge in [0, 0.05) is 25.1 Å². The van der Waals surface area contributed by atoms with E-state index in [1.807, 2.05) is 49.4 Å². The third kappa shape index (κ3) is 5.03. The topological polar surface area (TPSA) is 65.4 Å². The highest BCUT2D eigenvalue weighted by Crippen LogP contribution is 2.21. The number of nitrogens with one attached hydrogen (secondary N) is 1. The van der Waals surface area contributed by atoms with Crippen LogP contribution in [0.5, 0.6) is 5.75 Å². The quantitative estimate of drug-likeness (QED) is 0.597. The third-order valence-corrected chi connectivity index (χ3v) is 4.82. The first-order valence-corrected chi connectivity index (χ1v) is 9.55. The molecule has 0 saturated carbocycles. The number of imidazole rings is 1. The van der Waals surface area contributed by atoms with Gasteiger partial charge in [-0.3, -0.25) is 4.79 Å². The Labute approximate surface area is 169 Å². The number of ether oxygens (including phenoxy) is 2. The van der Waals surface area contributed by atoms with Crippen molar-refractivity contribution in [3.63, 3.8) is 0 Å². The number of nitrogens with zero attached hydrogens (tertiary/aromatic N) is 2. The fraction of sp³-hybridized carbons (Fsp3) is 0.333. The van der Waals surface area contributed by atoms with E-state index in [1.165, 1.54) is 7.11 Å². The van der Waals surface area contributed by atoms with E-state index in [0.717, 1.165) is 33.2 Å².